The zero-order valence-electron chi connectivity index (χ0n) is 17.0. The Bertz CT molecular complexity index is 859. The van der Waals surface area contributed by atoms with Crippen LogP contribution < -0.4 is 15.5 Å². The zero-order chi connectivity index (χ0) is 20.1. The molecule has 0 radical (unpaired) electrons. The van der Waals surface area contributed by atoms with Crippen LogP contribution in [0.4, 0.5) is 10.1 Å². The van der Waals surface area contributed by atoms with Gasteiger partial charge in [-0.05, 0) is 36.1 Å². The Morgan fingerprint density at radius 1 is 1.07 bits per heavy atom. The van der Waals surface area contributed by atoms with Crippen LogP contribution in [-0.2, 0) is 16.7 Å². The van der Waals surface area contributed by atoms with Crippen molar-refractivity contribution in [1.29, 1.82) is 0 Å². The van der Waals surface area contributed by atoms with Crippen molar-refractivity contribution in [2.75, 3.05) is 44.8 Å². The van der Waals surface area contributed by atoms with E-state index in [9.17, 15) is 4.39 Å². The summed E-state index contributed by atoms with van der Waals surface area (Å²) in [7, 11) is 1.77. The van der Waals surface area contributed by atoms with Crippen molar-refractivity contribution in [3.63, 3.8) is 0 Å². The number of nitrogens with one attached hydrogen (secondary N) is 2. The van der Waals surface area contributed by atoms with E-state index in [0.29, 0.717) is 13.1 Å². The minimum absolute atomic E-state index is 0.116. The Morgan fingerprint density at radius 3 is 2.52 bits per heavy atom. The van der Waals surface area contributed by atoms with E-state index >= 15 is 0 Å². The van der Waals surface area contributed by atoms with Crippen molar-refractivity contribution in [2.45, 2.75) is 24.8 Å². The quantitative estimate of drug-likeness (QED) is 0.582. The molecule has 2 N–H and O–H groups in total. The summed E-state index contributed by atoms with van der Waals surface area (Å²) in [6.07, 6.45) is 2.00. The van der Waals surface area contributed by atoms with Crippen LogP contribution in [0, 0.1) is 5.82 Å². The molecule has 2 aromatic carbocycles. The highest BCUT2D eigenvalue weighted by molar-refractivity contribution is 5.80. The van der Waals surface area contributed by atoms with Crippen LogP contribution in [0.5, 0.6) is 0 Å². The van der Waals surface area contributed by atoms with Gasteiger partial charge >= 0.3 is 0 Å². The number of benzene rings is 2. The number of aliphatic imine (C=N–C) groups is 1. The van der Waals surface area contributed by atoms with E-state index in [1.165, 1.54) is 11.3 Å². The first-order valence-corrected chi connectivity index (χ1v) is 10.3. The van der Waals surface area contributed by atoms with Crippen LogP contribution in [-0.4, -0.2) is 45.9 Å². The minimum Gasteiger partial charge on any atom is -0.378 e. The van der Waals surface area contributed by atoms with E-state index in [-0.39, 0.29) is 11.2 Å². The molecule has 5 nitrogen and oxygen atoms in total. The molecule has 1 aliphatic carbocycles. The number of hydrogen-bond donors (Lipinski definition) is 2. The van der Waals surface area contributed by atoms with Crippen LogP contribution in [0.25, 0.3) is 0 Å². The average molecular weight is 397 g/mol. The molecule has 0 bridgehead atoms. The third kappa shape index (κ3) is 4.53. The van der Waals surface area contributed by atoms with Gasteiger partial charge in [0.25, 0.3) is 0 Å². The largest absolute Gasteiger partial charge is 0.378 e. The fraction of sp³-hybridized carbons (Fsp3) is 0.435. The lowest BCUT2D eigenvalue weighted by Gasteiger charge is -2.30. The molecule has 1 saturated carbocycles. The molecule has 1 aliphatic heterocycles. The maximum absolute atomic E-state index is 14.2. The van der Waals surface area contributed by atoms with Gasteiger partial charge in [0.2, 0.25) is 0 Å². The fourth-order valence-corrected chi connectivity index (χ4v) is 4.01. The van der Waals surface area contributed by atoms with E-state index in [4.69, 9.17) is 4.74 Å². The predicted molar refractivity (Wildman–Crippen MR) is 115 cm³/mol. The highest BCUT2D eigenvalue weighted by Gasteiger charge is 2.45. The van der Waals surface area contributed by atoms with Crippen molar-refractivity contribution in [3.05, 3.63) is 65.5 Å². The molecule has 0 spiro atoms. The number of morpholine rings is 1. The van der Waals surface area contributed by atoms with Crippen molar-refractivity contribution in [1.82, 2.24) is 10.6 Å². The summed E-state index contributed by atoms with van der Waals surface area (Å²) < 4.78 is 19.7. The third-order valence-electron chi connectivity index (χ3n) is 5.91. The van der Waals surface area contributed by atoms with Crippen LogP contribution in [0.1, 0.15) is 24.0 Å². The second-order valence-electron chi connectivity index (χ2n) is 7.77. The number of guanidine groups is 1. The second kappa shape index (κ2) is 8.82. The second-order valence-corrected chi connectivity index (χ2v) is 7.77. The van der Waals surface area contributed by atoms with Crippen LogP contribution >= 0.6 is 0 Å². The highest BCUT2D eigenvalue weighted by Crippen LogP contribution is 2.48. The smallest absolute Gasteiger partial charge is 0.191 e. The molecule has 0 amide bonds. The van der Waals surface area contributed by atoms with Crippen LogP contribution in [0.15, 0.2) is 53.5 Å². The van der Waals surface area contributed by atoms with Gasteiger partial charge in [-0.1, -0.05) is 36.4 Å². The fourth-order valence-electron chi connectivity index (χ4n) is 4.01. The summed E-state index contributed by atoms with van der Waals surface area (Å²) >= 11 is 0. The first-order chi connectivity index (χ1) is 14.2. The van der Waals surface area contributed by atoms with Crippen molar-refractivity contribution in [2.24, 2.45) is 4.99 Å². The molecule has 2 fully saturated rings. The zero-order valence-corrected chi connectivity index (χ0v) is 17.0. The molecule has 1 heterocycles. The molecule has 4 rings (SSSR count). The Hall–Kier alpha value is -2.60. The lowest BCUT2D eigenvalue weighted by Crippen LogP contribution is -2.41. The number of anilines is 1. The Morgan fingerprint density at radius 2 is 1.79 bits per heavy atom. The predicted octanol–water partition coefficient (Wildman–Crippen LogP) is 3.06. The first kappa shape index (κ1) is 19.7. The Labute approximate surface area is 172 Å². The molecule has 0 atom stereocenters. The summed E-state index contributed by atoms with van der Waals surface area (Å²) in [5.74, 6) is 0.624. The molecule has 2 aliphatic rings. The van der Waals surface area contributed by atoms with Gasteiger partial charge in [0.1, 0.15) is 5.82 Å². The van der Waals surface area contributed by atoms with Gasteiger partial charge < -0.3 is 20.3 Å². The number of ether oxygens (including phenoxy) is 1. The molecule has 0 unspecified atom stereocenters. The van der Waals surface area contributed by atoms with Crippen LogP contribution in [0.2, 0.25) is 0 Å². The number of nitrogens with zero attached hydrogens (tertiary/aromatic N) is 2. The van der Waals surface area contributed by atoms with Crippen molar-refractivity contribution in [3.8, 4) is 0 Å². The van der Waals surface area contributed by atoms with Gasteiger partial charge in [-0.2, -0.15) is 0 Å². The molecule has 2 aromatic rings. The summed E-state index contributed by atoms with van der Waals surface area (Å²) in [5, 5.41) is 6.82. The van der Waals surface area contributed by atoms with Crippen LogP contribution in [0.3, 0.4) is 0 Å². The summed E-state index contributed by atoms with van der Waals surface area (Å²) in [5.41, 5.74) is 3.16. The van der Waals surface area contributed by atoms with E-state index < -0.39 is 0 Å². The van der Waals surface area contributed by atoms with Gasteiger partial charge in [0, 0.05) is 44.3 Å². The van der Waals surface area contributed by atoms with Gasteiger partial charge in [-0.3, -0.25) is 4.99 Å². The number of rotatable bonds is 6. The summed E-state index contributed by atoms with van der Waals surface area (Å²) in [6, 6.07) is 15.6. The van der Waals surface area contributed by atoms with Gasteiger partial charge in [-0.15, -0.1) is 0 Å². The number of halogens is 1. The van der Waals surface area contributed by atoms with Crippen molar-refractivity contribution >= 4 is 11.6 Å². The molecule has 6 heteroatoms. The topological polar surface area (TPSA) is 48.9 Å². The molecule has 29 heavy (non-hydrogen) atoms. The molecule has 154 valence electrons. The maximum Gasteiger partial charge on any atom is 0.191 e. The third-order valence-corrected chi connectivity index (χ3v) is 5.91. The minimum atomic E-state index is -0.116. The molecule has 0 aromatic heterocycles. The van der Waals surface area contributed by atoms with E-state index in [1.807, 2.05) is 12.1 Å². The average Bonchev–Trinajstić information content (AvgIpc) is 3.56. The van der Waals surface area contributed by atoms with E-state index in [0.717, 1.165) is 50.7 Å². The Kier molecular flexibility index (Phi) is 6.00. The monoisotopic (exact) mass is 396 g/mol. The summed E-state index contributed by atoms with van der Waals surface area (Å²) in [6.45, 7) is 4.72. The summed E-state index contributed by atoms with van der Waals surface area (Å²) in [4.78, 5) is 6.73. The maximum atomic E-state index is 14.2. The highest BCUT2D eigenvalue weighted by atomic mass is 19.1. The first-order valence-electron chi connectivity index (χ1n) is 10.3. The van der Waals surface area contributed by atoms with Gasteiger partial charge in [-0.25, -0.2) is 4.39 Å². The van der Waals surface area contributed by atoms with Gasteiger partial charge in [0.15, 0.2) is 5.96 Å². The Balaban J connectivity index is 1.37. The standard InChI is InChI=1S/C23H29FN4O/c1-25-22(27-17-23(10-11-23)19-7-3-4-8-20(19)24)26-16-18-6-2-5-9-21(18)28-12-14-29-15-13-28/h2-9H,10-17H2,1H3,(H2,25,26,27). The number of hydrogen-bond acceptors (Lipinski definition) is 3. The van der Waals surface area contributed by atoms with E-state index in [2.05, 4.69) is 44.8 Å². The molecule has 1 saturated heterocycles. The molecular formula is C23H29FN4O. The normalized spacial score (nSPS) is 18.4. The van der Waals surface area contributed by atoms with Gasteiger partial charge in [0.05, 0.1) is 13.2 Å². The number of para-hydroxylation sites is 1. The SMILES string of the molecule is CN=C(NCc1ccccc1N1CCOCC1)NCC1(c2ccccc2F)CC1. The van der Waals surface area contributed by atoms with E-state index in [1.54, 1.807) is 19.2 Å². The lowest BCUT2D eigenvalue weighted by atomic mass is 9.95. The van der Waals surface area contributed by atoms with Crippen molar-refractivity contribution < 1.29 is 9.13 Å². The molecular weight excluding hydrogens is 367 g/mol. The lowest BCUT2D eigenvalue weighted by molar-refractivity contribution is 0.122.